The molecule has 4 atom stereocenters. The van der Waals surface area contributed by atoms with Crippen molar-refractivity contribution in [3.63, 3.8) is 0 Å². The van der Waals surface area contributed by atoms with Gasteiger partial charge in [-0.1, -0.05) is 6.58 Å². The maximum atomic E-state index is 10.9. The van der Waals surface area contributed by atoms with Gasteiger partial charge >= 0.3 is 0 Å². The highest BCUT2D eigenvalue weighted by atomic mass is 32.2. The third-order valence-electron chi connectivity index (χ3n) is 3.20. The first-order chi connectivity index (χ1) is 8.42. The lowest BCUT2D eigenvalue weighted by atomic mass is 9.92. The summed E-state index contributed by atoms with van der Waals surface area (Å²) in [6.45, 7) is 4.55. The standard InChI is InChI=1S/C11H18O6S/c1-7-6-15-10-9(7)8(17-11(10)14-2)4-5-16-18(3,12)13/h8-11H,1,4-6H2,2-3H3/t8-,9+,10+,11+/m0/s1. The highest BCUT2D eigenvalue weighted by molar-refractivity contribution is 7.85. The largest absolute Gasteiger partial charge is 0.368 e. The lowest BCUT2D eigenvalue weighted by molar-refractivity contribution is -0.158. The van der Waals surface area contributed by atoms with Crippen molar-refractivity contribution in [1.82, 2.24) is 0 Å². The van der Waals surface area contributed by atoms with Crippen molar-refractivity contribution in [2.45, 2.75) is 24.9 Å². The molecule has 0 aromatic carbocycles. The second-order valence-electron chi connectivity index (χ2n) is 4.55. The average Bonchev–Trinajstić information content (AvgIpc) is 2.79. The molecule has 0 spiro atoms. The van der Waals surface area contributed by atoms with Crippen molar-refractivity contribution in [2.24, 2.45) is 5.92 Å². The Morgan fingerprint density at radius 2 is 2.22 bits per heavy atom. The molecule has 0 aromatic rings. The van der Waals surface area contributed by atoms with Crippen LogP contribution in [0.1, 0.15) is 6.42 Å². The van der Waals surface area contributed by atoms with E-state index in [9.17, 15) is 8.42 Å². The maximum absolute atomic E-state index is 10.9. The van der Waals surface area contributed by atoms with Crippen LogP contribution in [0.5, 0.6) is 0 Å². The van der Waals surface area contributed by atoms with Gasteiger partial charge in [-0.15, -0.1) is 0 Å². The van der Waals surface area contributed by atoms with Gasteiger partial charge in [0.2, 0.25) is 0 Å². The quantitative estimate of drug-likeness (QED) is 0.532. The Morgan fingerprint density at radius 1 is 1.50 bits per heavy atom. The molecule has 2 rings (SSSR count). The molecule has 2 aliphatic heterocycles. The summed E-state index contributed by atoms with van der Waals surface area (Å²) in [6, 6.07) is 0. The monoisotopic (exact) mass is 278 g/mol. The van der Waals surface area contributed by atoms with Gasteiger partial charge in [0.05, 0.1) is 25.6 Å². The van der Waals surface area contributed by atoms with E-state index in [1.54, 1.807) is 7.11 Å². The van der Waals surface area contributed by atoms with Crippen LogP contribution < -0.4 is 0 Å². The van der Waals surface area contributed by atoms with Crippen LogP contribution >= 0.6 is 0 Å². The molecule has 2 fully saturated rings. The fourth-order valence-electron chi connectivity index (χ4n) is 2.45. The fourth-order valence-corrected chi connectivity index (χ4v) is 2.84. The number of ether oxygens (including phenoxy) is 3. The third-order valence-corrected chi connectivity index (χ3v) is 3.79. The zero-order chi connectivity index (χ0) is 13.3. The molecule has 0 amide bonds. The molecule has 0 radical (unpaired) electrons. The van der Waals surface area contributed by atoms with Gasteiger partial charge in [0.25, 0.3) is 10.1 Å². The van der Waals surface area contributed by atoms with E-state index >= 15 is 0 Å². The van der Waals surface area contributed by atoms with E-state index in [1.165, 1.54) is 0 Å². The van der Waals surface area contributed by atoms with Crippen LogP contribution in [-0.2, 0) is 28.5 Å². The summed E-state index contributed by atoms with van der Waals surface area (Å²) in [6.07, 6.45) is 0.761. The minimum Gasteiger partial charge on any atom is -0.368 e. The molecule has 2 aliphatic rings. The molecule has 7 heteroatoms. The number of hydrogen-bond donors (Lipinski definition) is 0. The predicted molar refractivity (Wildman–Crippen MR) is 63.5 cm³/mol. The first kappa shape index (κ1) is 14.0. The van der Waals surface area contributed by atoms with Crippen LogP contribution in [0.15, 0.2) is 12.2 Å². The SMILES string of the molecule is C=C1CO[C@H]2[C@H](OC)O[C@@H](CCOS(C)(=O)=O)[C@@H]12. The van der Waals surface area contributed by atoms with Gasteiger partial charge in [-0.05, 0) is 12.0 Å². The van der Waals surface area contributed by atoms with E-state index in [-0.39, 0.29) is 24.7 Å². The Hall–Kier alpha value is -0.470. The first-order valence-electron chi connectivity index (χ1n) is 5.74. The van der Waals surface area contributed by atoms with E-state index in [2.05, 4.69) is 6.58 Å². The Labute approximate surface area is 107 Å². The highest BCUT2D eigenvalue weighted by Crippen LogP contribution is 2.40. The van der Waals surface area contributed by atoms with Crippen molar-refractivity contribution in [3.8, 4) is 0 Å². The van der Waals surface area contributed by atoms with E-state index in [0.717, 1.165) is 11.8 Å². The zero-order valence-electron chi connectivity index (χ0n) is 10.5. The molecular weight excluding hydrogens is 260 g/mol. The second kappa shape index (κ2) is 5.26. The summed E-state index contributed by atoms with van der Waals surface area (Å²) in [5.74, 6) is 0.0538. The molecule has 0 bridgehead atoms. The Morgan fingerprint density at radius 3 is 2.83 bits per heavy atom. The second-order valence-corrected chi connectivity index (χ2v) is 6.20. The molecule has 18 heavy (non-hydrogen) atoms. The lowest BCUT2D eigenvalue weighted by Crippen LogP contribution is -2.26. The molecule has 6 nitrogen and oxygen atoms in total. The minimum atomic E-state index is -3.41. The Balaban J connectivity index is 1.94. The highest BCUT2D eigenvalue weighted by Gasteiger charge is 2.50. The van der Waals surface area contributed by atoms with Gasteiger partial charge in [-0.3, -0.25) is 4.18 Å². The van der Waals surface area contributed by atoms with Crippen LogP contribution in [0, 0.1) is 5.92 Å². The van der Waals surface area contributed by atoms with E-state index in [4.69, 9.17) is 18.4 Å². The molecule has 0 aliphatic carbocycles. The van der Waals surface area contributed by atoms with Crippen molar-refractivity contribution in [1.29, 1.82) is 0 Å². The third kappa shape index (κ3) is 2.92. The van der Waals surface area contributed by atoms with Crippen LogP contribution in [-0.4, -0.2) is 53.5 Å². The number of rotatable bonds is 5. The smallest absolute Gasteiger partial charge is 0.264 e. The molecule has 104 valence electrons. The van der Waals surface area contributed by atoms with Gasteiger partial charge in [-0.25, -0.2) is 0 Å². The molecule has 0 N–H and O–H groups in total. The van der Waals surface area contributed by atoms with Crippen LogP contribution in [0.4, 0.5) is 0 Å². The first-order valence-corrected chi connectivity index (χ1v) is 7.56. The summed E-state index contributed by atoms with van der Waals surface area (Å²) in [7, 11) is -1.85. The molecule has 2 saturated heterocycles. The van der Waals surface area contributed by atoms with E-state index < -0.39 is 16.4 Å². The van der Waals surface area contributed by atoms with Crippen LogP contribution in [0.2, 0.25) is 0 Å². The summed E-state index contributed by atoms with van der Waals surface area (Å²) in [4.78, 5) is 0. The summed E-state index contributed by atoms with van der Waals surface area (Å²) >= 11 is 0. The maximum Gasteiger partial charge on any atom is 0.264 e. The predicted octanol–water partition coefficient (Wildman–Crippen LogP) is 0.295. The van der Waals surface area contributed by atoms with Crippen molar-refractivity contribution < 1.29 is 26.8 Å². The van der Waals surface area contributed by atoms with Crippen molar-refractivity contribution in [2.75, 3.05) is 26.6 Å². The minimum absolute atomic E-state index is 0.0538. The van der Waals surface area contributed by atoms with Crippen molar-refractivity contribution in [3.05, 3.63) is 12.2 Å². The Bertz CT molecular complexity index is 417. The van der Waals surface area contributed by atoms with Gasteiger partial charge in [-0.2, -0.15) is 8.42 Å². The number of fused-ring (bicyclic) bond motifs is 1. The molecule has 0 saturated carbocycles. The molecule has 2 heterocycles. The van der Waals surface area contributed by atoms with Gasteiger partial charge < -0.3 is 14.2 Å². The normalized spacial score (nSPS) is 36.0. The number of methoxy groups -OCH3 is 1. The number of hydrogen-bond acceptors (Lipinski definition) is 6. The summed E-state index contributed by atoms with van der Waals surface area (Å²) < 4.78 is 42.9. The van der Waals surface area contributed by atoms with Gasteiger partial charge in [0.1, 0.15) is 6.10 Å². The summed E-state index contributed by atoms with van der Waals surface area (Å²) in [5, 5.41) is 0. The lowest BCUT2D eigenvalue weighted by Gasteiger charge is -2.16. The van der Waals surface area contributed by atoms with Crippen LogP contribution in [0.3, 0.4) is 0 Å². The fraction of sp³-hybridized carbons (Fsp3) is 0.818. The van der Waals surface area contributed by atoms with E-state index in [1.807, 2.05) is 0 Å². The molecule has 0 unspecified atom stereocenters. The molecular formula is C11H18O6S. The van der Waals surface area contributed by atoms with Gasteiger partial charge in [0.15, 0.2) is 6.29 Å². The molecule has 0 aromatic heterocycles. The van der Waals surface area contributed by atoms with E-state index in [0.29, 0.717) is 13.0 Å². The summed E-state index contributed by atoms with van der Waals surface area (Å²) in [5.41, 5.74) is 0.962. The zero-order valence-corrected chi connectivity index (χ0v) is 11.3. The van der Waals surface area contributed by atoms with Crippen molar-refractivity contribution >= 4 is 10.1 Å². The van der Waals surface area contributed by atoms with Crippen LogP contribution in [0.25, 0.3) is 0 Å². The Kier molecular flexibility index (Phi) is 4.08. The topological polar surface area (TPSA) is 71.1 Å². The van der Waals surface area contributed by atoms with Gasteiger partial charge in [0, 0.05) is 13.0 Å². The average molecular weight is 278 g/mol.